The van der Waals surface area contributed by atoms with Crippen LogP contribution in [0.1, 0.15) is 32.6 Å². The first-order chi connectivity index (χ1) is 5.33. The number of hydroxylamine groups is 1. The highest BCUT2D eigenvalue weighted by atomic mass is 16.7. The largest absolute Gasteiger partial charge is 0.297 e. The quantitative estimate of drug-likeness (QED) is 0.489. The van der Waals surface area contributed by atoms with Crippen molar-refractivity contribution >= 4 is 0 Å². The normalized spacial score (nSPS) is 21.5. The summed E-state index contributed by atoms with van der Waals surface area (Å²) in [7, 11) is 0. The maximum atomic E-state index is 5.36. The van der Waals surface area contributed by atoms with Crippen molar-refractivity contribution in [1.29, 1.82) is 0 Å². The van der Waals surface area contributed by atoms with Crippen LogP contribution in [-0.4, -0.2) is 12.1 Å². The first-order valence-corrected chi connectivity index (χ1v) is 4.20. The smallest absolute Gasteiger partial charge is 0.0898 e. The van der Waals surface area contributed by atoms with Crippen LogP contribution in [0.2, 0.25) is 0 Å². The summed E-state index contributed by atoms with van der Waals surface area (Å²) in [5.41, 5.74) is 2.84. The Morgan fingerprint density at radius 2 is 2.18 bits per heavy atom. The van der Waals surface area contributed by atoms with E-state index in [1.807, 2.05) is 6.92 Å². The summed E-state index contributed by atoms with van der Waals surface area (Å²) in [4.78, 5) is 5.36. The summed E-state index contributed by atoms with van der Waals surface area (Å²) in [5, 5.41) is 0. The minimum atomic E-state index is 0.0237. The zero-order chi connectivity index (χ0) is 8.10. The van der Waals surface area contributed by atoms with Crippen molar-refractivity contribution in [2.45, 2.75) is 44.8 Å². The van der Waals surface area contributed by atoms with Crippen molar-refractivity contribution in [3.63, 3.8) is 0 Å². The summed E-state index contributed by atoms with van der Waals surface area (Å²) in [5.74, 6) is 2.55. The van der Waals surface area contributed by atoms with Crippen LogP contribution >= 0.6 is 0 Å². The molecule has 1 N–H and O–H groups in total. The van der Waals surface area contributed by atoms with Crippen LogP contribution in [0.4, 0.5) is 0 Å². The lowest BCUT2D eigenvalue weighted by atomic mass is 10.3. The second-order valence-corrected chi connectivity index (χ2v) is 3.03. The van der Waals surface area contributed by atoms with Gasteiger partial charge in [0.05, 0.1) is 12.1 Å². The van der Waals surface area contributed by atoms with Gasteiger partial charge in [0, 0.05) is 0 Å². The lowest BCUT2D eigenvalue weighted by molar-refractivity contribution is -0.0280. The zero-order valence-corrected chi connectivity index (χ0v) is 6.97. The van der Waals surface area contributed by atoms with E-state index < -0.39 is 0 Å². The minimum Gasteiger partial charge on any atom is -0.297 e. The van der Waals surface area contributed by atoms with Gasteiger partial charge in [0.15, 0.2) is 0 Å². The monoisotopic (exact) mass is 153 g/mol. The van der Waals surface area contributed by atoms with Crippen molar-refractivity contribution in [3.05, 3.63) is 0 Å². The number of nitrogens with one attached hydrogen (secondary N) is 1. The van der Waals surface area contributed by atoms with Crippen molar-refractivity contribution in [2.75, 3.05) is 0 Å². The van der Waals surface area contributed by atoms with Crippen molar-refractivity contribution in [2.24, 2.45) is 0 Å². The van der Waals surface area contributed by atoms with Crippen LogP contribution in [0.15, 0.2) is 0 Å². The van der Waals surface area contributed by atoms with Gasteiger partial charge in [0.1, 0.15) is 0 Å². The van der Waals surface area contributed by atoms with Gasteiger partial charge in [-0.1, -0.05) is 18.8 Å². The van der Waals surface area contributed by atoms with E-state index in [1.54, 1.807) is 0 Å². The third-order valence-electron chi connectivity index (χ3n) is 1.96. The molecule has 1 rings (SSSR count). The fraction of sp³-hybridized carbons (Fsp3) is 0.778. The van der Waals surface area contributed by atoms with E-state index in [0.717, 1.165) is 0 Å². The highest BCUT2D eigenvalue weighted by molar-refractivity contribution is 4.94. The fourth-order valence-electron chi connectivity index (χ4n) is 1.24. The summed E-state index contributed by atoms with van der Waals surface area (Å²) < 4.78 is 0. The molecule has 0 aromatic heterocycles. The van der Waals surface area contributed by atoms with Crippen molar-refractivity contribution in [1.82, 2.24) is 5.48 Å². The second kappa shape index (κ2) is 4.38. The molecule has 0 aromatic rings. The molecule has 1 aliphatic carbocycles. The first kappa shape index (κ1) is 8.58. The molecule has 0 aromatic carbocycles. The highest BCUT2D eigenvalue weighted by Crippen LogP contribution is 2.19. The van der Waals surface area contributed by atoms with E-state index in [2.05, 4.69) is 11.4 Å². The van der Waals surface area contributed by atoms with Crippen LogP contribution in [0.25, 0.3) is 0 Å². The Balaban J connectivity index is 2.07. The van der Waals surface area contributed by atoms with Crippen LogP contribution in [0.5, 0.6) is 0 Å². The Labute approximate surface area is 68.3 Å². The molecule has 1 aliphatic rings. The van der Waals surface area contributed by atoms with Crippen LogP contribution in [0.3, 0.4) is 0 Å². The Kier molecular flexibility index (Phi) is 3.41. The second-order valence-electron chi connectivity index (χ2n) is 3.03. The molecule has 0 amide bonds. The third kappa shape index (κ3) is 2.92. The zero-order valence-electron chi connectivity index (χ0n) is 6.97. The maximum Gasteiger partial charge on any atom is 0.0898 e. The molecule has 0 heterocycles. The molecule has 1 saturated carbocycles. The van der Waals surface area contributed by atoms with Crippen LogP contribution in [0, 0.1) is 12.3 Å². The molecule has 1 fully saturated rings. The Bertz CT molecular complexity index is 144. The summed E-state index contributed by atoms with van der Waals surface area (Å²) in [6, 6.07) is 0.0237. The van der Waals surface area contributed by atoms with Gasteiger partial charge in [-0.25, -0.2) is 0 Å². The summed E-state index contributed by atoms with van der Waals surface area (Å²) in [6.07, 6.45) is 10.5. The predicted molar refractivity (Wildman–Crippen MR) is 44.8 cm³/mol. The molecule has 11 heavy (non-hydrogen) atoms. The number of rotatable bonds is 3. The molecular formula is C9H15NO. The van der Waals surface area contributed by atoms with Gasteiger partial charge in [0.25, 0.3) is 0 Å². The molecule has 62 valence electrons. The number of hydrogen-bond donors (Lipinski definition) is 1. The van der Waals surface area contributed by atoms with Gasteiger partial charge in [-0.15, -0.1) is 6.42 Å². The van der Waals surface area contributed by atoms with E-state index in [-0.39, 0.29) is 6.04 Å². The standard InChI is InChI=1S/C9H15NO/c1-3-8(2)10-11-9-6-4-5-7-9/h1,8-10H,4-7H2,2H3. The Morgan fingerprint density at radius 3 is 2.73 bits per heavy atom. The van der Waals surface area contributed by atoms with Gasteiger partial charge in [-0.05, 0) is 19.8 Å². The van der Waals surface area contributed by atoms with E-state index in [4.69, 9.17) is 11.3 Å². The minimum absolute atomic E-state index is 0.0237. The van der Waals surface area contributed by atoms with Gasteiger partial charge in [0.2, 0.25) is 0 Å². The number of hydrogen-bond acceptors (Lipinski definition) is 2. The Hall–Kier alpha value is -0.520. The molecule has 0 spiro atoms. The molecule has 0 saturated heterocycles. The SMILES string of the molecule is C#CC(C)NOC1CCCC1. The average molecular weight is 153 g/mol. The third-order valence-corrected chi connectivity index (χ3v) is 1.96. The van der Waals surface area contributed by atoms with E-state index in [0.29, 0.717) is 6.10 Å². The molecule has 2 nitrogen and oxygen atoms in total. The van der Waals surface area contributed by atoms with Crippen LogP contribution < -0.4 is 5.48 Å². The first-order valence-electron chi connectivity index (χ1n) is 4.20. The maximum absolute atomic E-state index is 5.36. The fourth-order valence-corrected chi connectivity index (χ4v) is 1.24. The van der Waals surface area contributed by atoms with E-state index >= 15 is 0 Å². The molecular weight excluding hydrogens is 138 g/mol. The average Bonchev–Trinajstić information content (AvgIpc) is 2.52. The summed E-state index contributed by atoms with van der Waals surface area (Å²) in [6.45, 7) is 1.91. The van der Waals surface area contributed by atoms with Crippen molar-refractivity contribution in [3.8, 4) is 12.3 Å². The topological polar surface area (TPSA) is 21.3 Å². The lowest BCUT2D eigenvalue weighted by Crippen LogP contribution is -2.28. The lowest BCUT2D eigenvalue weighted by Gasteiger charge is -2.13. The van der Waals surface area contributed by atoms with Gasteiger partial charge in [-0.2, -0.15) is 5.48 Å². The van der Waals surface area contributed by atoms with Crippen LogP contribution in [-0.2, 0) is 4.84 Å². The highest BCUT2D eigenvalue weighted by Gasteiger charge is 2.15. The van der Waals surface area contributed by atoms with E-state index in [1.165, 1.54) is 25.7 Å². The Morgan fingerprint density at radius 1 is 1.55 bits per heavy atom. The molecule has 0 aliphatic heterocycles. The van der Waals surface area contributed by atoms with Crippen molar-refractivity contribution < 1.29 is 4.84 Å². The molecule has 1 unspecified atom stereocenters. The van der Waals surface area contributed by atoms with Gasteiger partial charge in [-0.3, -0.25) is 4.84 Å². The molecule has 0 bridgehead atoms. The van der Waals surface area contributed by atoms with Gasteiger partial charge >= 0.3 is 0 Å². The molecule has 2 heteroatoms. The molecule has 0 radical (unpaired) electrons. The van der Waals surface area contributed by atoms with E-state index in [9.17, 15) is 0 Å². The predicted octanol–water partition coefficient (Wildman–Crippen LogP) is 1.47. The van der Waals surface area contributed by atoms with Gasteiger partial charge < -0.3 is 0 Å². The summed E-state index contributed by atoms with van der Waals surface area (Å²) >= 11 is 0. The number of terminal acetylenes is 1. The molecule has 1 atom stereocenters.